The summed E-state index contributed by atoms with van der Waals surface area (Å²) < 4.78 is 10.5. The van der Waals surface area contributed by atoms with E-state index in [4.69, 9.17) is 9.47 Å². The summed E-state index contributed by atoms with van der Waals surface area (Å²) in [6, 6.07) is 9.50. The van der Waals surface area contributed by atoms with Crippen molar-refractivity contribution < 1.29 is 28.7 Å². The van der Waals surface area contributed by atoms with E-state index in [9.17, 15) is 19.2 Å². The molecule has 0 unspecified atom stereocenters. The Labute approximate surface area is 210 Å². The molecule has 4 amide bonds. The Bertz CT molecular complexity index is 1200. The number of fused-ring (bicyclic) bond motifs is 1. The maximum Gasteiger partial charge on any atom is 0.261 e. The maximum absolute atomic E-state index is 12.9. The van der Waals surface area contributed by atoms with Crippen LogP contribution >= 0.6 is 0 Å². The van der Waals surface area contributed by atoms with Crippen LogP contribution in [0.25, 0.3) is 0 Å². The summed E-state index contributed by atoms with van der Waals surface area (Å²) in [5.41, 5.74) is 1.49. The van der Waals surface area contributed by atoms with Gasteiger partial charge in [-0.3, -0.25) is 24.1 Å². The highest BCUT2D eigenvalue weighted by atomic mass is 16.5. The number of ether oxygens (including phenoxy) is 2. The van der Waals surface area contributed by atoms with E-state index in [0.717, 1.165) is 12.8 Å². The number of nitrogens with zero attached hydrogens (tertiary/aromatic N) is 2. The van der Waals surface area contributed by atoms with E-state index in [1.54, 1.807) is 51.3 Å². The van der Waals surface area contributed by atoms with E-state index in [2.05, 4.69) is 5.32 Å². The van der Waals surface area contributed by atoms with Crippen LogP contribution in [0, 0.1) is 5.92 Å². The van der Waals surface area contributed by atoms with Crippen molar-refractivity contribution in [3.05, 3.63) is 58.7 Å². The van der Waals surface area contributed by atoms with E-state index in [1.807, 2.05) is 4.90 Å². The normalized spacial score (nSPS) is 15.8. The number of piperidine rings is 1. The largest absolute Gasteiger partial charge is 0.493 e. The molecule has 0 aromatic heterocycles. The first-order valence-corrected chi connectivity index (χ1v) is 12.1. The smallest absolute Gasteiger partial charge is 0.261 e. The van der Waals surface area contributed by atoms with Gasteiger partial charge in [-0.15, -0.1) is 0 Å². The molecule has 4 rings (SSSR count). The molecule has 2 heterocycles. The summed E-state index contributed by atoms with van der Waals surface area (Å²) in [6.45, 7) is 5.21. The van der Waals surface area contributed by atoms with Gasteiger partial charge in [0, 0.05) is 36.8 Å². The van der Waals surface area contributed by atoms with E-state index < -0.39 is 0 Å². The van der Waals surface area contributed by atoms with E-state index in [1.165, 1.54) is 18.1 Å². The summed E-state index contributed by atoms with van der Waals surface area (Å²) in [4.78, 5) is 53.8. The molecule has 36 heavy (non-hydrogen) atoms. The zero-order valence-corrected chi connectivity index (χ0v) is 21.0. The molecule has 0 spiro atoms. The fraction of sp³-hybridized carbons (Fsp3) is 0.407. The molecule has 2 aliphatic rings. The van der Waals surface area contributed by atoms with Gasteiger partial charge in [0.15, 0.2) is 11.5 Å². The fourth-order valence-electron chi connectivity index (χ4n) is 4.70. The summed E-state index contributed by atoms with van der Waals surface area (Å²) in [7, 11) is 3.08. The lowest BCUT2D eigenvalue weighted by molar-refractivity contribution is 0.0607. The Hall–Kier alpha value is -3.88. The topological polar surface area (TPSA) is 105 Å². The zero-order valence-electron chi connectivity index (χ0n) is 21.0. The first-order chi connectivity index (χ1) is 17.2. The molecule has 2 aromatic carbocycles. The van der Waals surface area contributed by atoms with Gasteiger partial charge in [-0.2, -0.15) is 0 Å². The van der Waals surface area contributed by atoms with Gasteiger partial charge in [0.1, 0.15) is 0 Å². The summed E-state index contributed by atoms with van der Waals surface area (Å²) in [5, 5.41) is 2.94. The van der Waals surface area contributed by atoms with Crippen LogP contribution in [0.15, 0.2) is 36.4 Å². The second-order valence-electron chi connectivity index (χ2n) is 9.35. The Morgan fingerprint density at radius 2 is 1.56 bits per heavy atom. The molecule has 1 N–H and O–H groups in total. The van der Waals surface area contributed by atoms with Crippen LogP contribution in [-0.4, -0.2) is 73.3 Å². The van der Waals surface area contributed by atoms with Gasteiger partial charge in [-0.25, -0.2) is 0 Å². The number of carbonyl (C=O) groups is 4. The Balaban J connectivity index is 1.31. The number of carbonyl (C=O) groups excluding carboxylic acids is 4. The lowest BCUT2D eigenvalue weighted by Crippen LogP contribution is -2.41. The third-order valence-corrected chi connectivity index (χ3v) is 6.78. The van der Waals surface area contributed by atoms with Crippen LogP contribution in [0.3, 0.4) is 0 Å². The van der Waals surface area contributed by atoms with Crippen molar-refractivity contribution in [1.82, 2.24) is 15.1 Å². The molecular formula is C27H31N3O6. The van der Waals surface area contributed by atoms with Crippen molar-refractivity contribution in [2.75, 3.05) is 33.9 Å². The standard InChI is InChI=1S/C27H31N3O6/c1-16(2)30-26(33)20-7-5-18(13-21(20)27(30)34)24(31)28-15-17-9-11-29(12-10-17)25(32)19-6-8-22(35-3)23(14-19)36-4/h5-8,13-14,16-17H,9-12,15H2,1-4H3,(H,28,31). The predicted octanol–water partition coefficient (Wildman–Crippen LogP) is 2.99. The summed E-state index contributed by atoms with van der Waals surface area (Å²) in [5.74, 6) is 0.265. The minimum Gasteiger partial charge on any atom is -0.493 e. The number of amides is 4. The van der Waals surface area contributed by atoms with E-state index >= 15 is 0 Å². The summed E-state index contributed by atoms with van der Waals surface area (Å²) >= 11 is 0. The average Bonchev–Trinajstić information content (AvgIpc) is 3.15. The molecule has 1 fully saturated rings. The van der Waals surface area contributed by atoms with Gasteiger partial charge in [-0.1, -0.05) is 0 Å². The van der Waals surface area contributed by atoms with Gasteiger partial charge in [0.25, 0.3) is 23.6 Å². The molecule has 0 bridgehead atoms. The number of likely N-dealkylation sites (tertiary alicyclic amines) is 1. The van der Waals surface area contributed by atoms with Crippen LogP contribution in [0.4, 0.5) is 0 Å². The Morgan fingerprint density at radius 1 is 0.917 bits per heavy atom. The van der Waals surface area contributed by atoms with Crippen molar-refractivity contribution in [2.24, 2.45) is 5.92 Å². The first-order valence-electron chi connectivity index (χ1n) is 12.1. The fourth-order valence-corrected chi connectivity index (χ4v) is 4.70. The Kier molecular flexibility index (Phi) is 7.28. The van der Waals surface area contributed by atoms with Crippen molar-refractivity contribution in [2.45, 2.75) is 32.7 Å². The zero-order chi connectivity index (χ0) is 26.0. The minimum absolute atomic E-state index is 0.0637. The van der Waals surface area contributed by atoms with Gasteiger partial charge in [0.05, 0.1) is 25.3 Å². The number of imide groups is 1. The lowest BCUT2D eigenvalue weighted by atomic mass is 9.96. The molecule has 0 atom stereocenters. The van der Waals surface area contributed by atoms with Crippen LogP contribution in [0.5, 0.6) is 11.5 Å². The number of benzene rings is 2. The molecule has 9 heteroatoms. The van der Waals surface area contributed by atoms with Crippen molar-refractivity contribution in [3.8, 4) is 11.5 Å². The SMILES string of the molecule is COc1ccc(C(=O)N2CCC(CNC(=O)c3ccc4c(c3)C(=O)N(C(C)C)C4=O)CC2)cc1OC. The molecule has 2 aliphatic heterocycles. The van der Waals surface area contributed by atoms with Gasteiger partial charge in [-0.05, 0) is 69.0 Å². The molecule has 0 saturated carbocycles. The first kappa shape index (κ1) is 25.2. The maximum atomic E-state index is 12.9. The highest BCUT2D eigenvalue weighted by Crippen LogP contribution is 2.29. The molecular weight excluding hydrogens is 462 g/mol. The number of rotatable bonds is 7. The quantitative estimate of drug-likeness (QED) is 0.595. The van der Waals surface area contributed by atoms with Crippen LogP contribution in [0.1, 0.15) is 68.1 Å². The van der Waals surface area contributed by atoms with Crippen molar-refractivity contribution >= 4 is 23.6 Å². The lowest BCUT2D eigenvalue weighted by Gasteiger charge is -2.32. The van der Waals surface area contributed by atoms with Crippen molar-refractivity contribution in [3.63, 3.8) is 0 Å². The van der Waals surface area contributed by atoms with Crippen LogP contribution in [0.2, 0.25) is 0 Å². The second-order valence-corrected chi connectivity index (χ2v) is 9.35. The summed E-state index contributed by atoms with van der Waals surface area (Å²) in [6.07, 6.45) is 1.53. The molecule has 9 nitrogen and oxygen atoms in total. The second kappa shape index (κ2) is 10.4. The van der Waals surface area contributed by atoms with E-state index in [-0.39, 0.29) is 41.2 Å². The molecule has 0 aliphatic carbocycles. The minimum atomic E-state index is -0.369. The third kappa shape index (κ3) is 4.78. The molecule has 0 radical (unpaired) electrons. The third-order valence-electron chi connectivity index (χ3n) is 6.78. The number of hydrogen-bond acceptors (Lipinski definition) is 6. The molecule has 1 saturated heterocycles. The van der Waals surface area contributed by atoms with Gasteiger partial charge in [0.2, 0.25) is 0 Å². The monoisotopic (exact) mass is 493 g/mol. The predicted molar refractivity (Wildman–Crippen MR) is 133 cm³/mol. The van der Waals surface area contributed by atoms with E-state index in [0.29, 0.717) is 47.8 Å². The van der Waals surface area contributed by atoms with Crippen LogP contribution < -0.4 is 14.8 Å². The Morgan fingerprint density at radius 3 is 2.19 bits per heavy atom. The number of nitrogens with one attached hydrogen (secondary N) is 1. The van der Waals surface area contributed by atoms with Crippen molar-refractivity contribution in [1.29, 1.82) is 0 Å². The molecule has 190 valence electrons. The van der Waals surface area contributed by atoms with Gasteiger partial charge >= 0.3 is 0 Å². The average molecular weight is 494 g/mol. The highest BCUT2D eigenvalue weighted by Gasteiger charge is 2.37. The highest BCUT2D eigenvalue weighted by molar-refractivity contribution is 6.22. The molecule has 2 aromatic rings. The van der Waals surface area contributed by atoms with Gasteiger partial charge < -0.3 is 19.7 Å². The number of methoxy groups -OCH3 is 2. The van der Waals surface area contributed by atoms with Crippen LogP contribution in [-0.2, 0) is 0 Å². The number of hydrogen-bond donors (Lipinski definition) is 1.